The molecular formula is C14H10ClN3OS2. The van der Waals surface area contributed by atoms with Crippen molar-refractivity contribution in [1.82, 2.24) is 9.59 Å². The van der Waals surface area contributed by atoms with Crippen LogP contribution < -0.4 is 5.32 Å². The maximum absolute atomic E-state index is 12.4. The molecule has 1 amide bonds. The Labute approximate surface area is 134 Å². The lowest BCUT2D eigenvalue weighted by Gasteiger charge is -2.08. The quantitative estimate of drug-likeness (QED) is 0.767. The summed E-state index contributed by atoms with van der Waals surface area (Å²) in [4.78, 5) is 13.9. The summed E-state index contributed by atoms with van der Waals surface area (Å²) in [6, 6.07) is 9.22. The van der Waals surface area contributed by atoms with Crippen molar-refractivity contribution in [2.75, 3.05) is 5.32 Å². The predicted octanol–water partition coefficient (Wildman–Crippen LogP) is 4.48. The number of aryl methyl sites for hydroxylation is 1. The molecule has 3 rings (SSSR count). The van der Waals surface area contributed by atoms with Crippen LogP contribution >= 0.6 is 34.5 Å². The van der Waals surface area contributed by atoms with Crippen LogP contribution in [0.1, 0.15) is 15.2 Å². The second-order valence-corrected chi connectivity index (χ2v) is 6.48. The number of thiophene rings is 1. The summed E-state index contributed by atoms with van der Waals surface area (Å²) in [5, 5.41) is 9.44. The third-order valence-electron chi connectivity index (χ3n) is 2.90. The molecule has 1 aromatic carbocycles. The Hall–Kier alpha value is -1.76. The molecule has 0 aliphatic carbocycles. The summed E-state index contributed by atoms with van der Waals surface area (Å²) in [6.45, 7) is 1.91. The van der Waals surface area contributed by atoms with E-state index in [9.17, 15) is 4.79 Å². The molecule has 21 heavy (non-hydrogen) atoms. The third kappa shape index (κ3) is 2.97. The van der Waals surface area contributed by atoms with E-state index >= 15 is 0 Å². The number of benzene rings is 1. The van der Waals surface area contributed by atoms with Crippen LogP contribution in [-0.2, 0) is 0 Å². The highest BCUT2D eigenvalue weighted by atomic mass is 35.5. The maximum atomic E-state index is 12.4. The number of hydrogen-bond donors (Lipinski definition) is 1. The van der Waals surface area contributed by atoms with Gasteiger partial charge in [-0.1, -0.05) is 28.2 Å². The first-order valence-corrected chi connectivity index (χ1v) is 8.12. The summed E-state index contributed by atoms with van der Waals surface area (Å²) in [5.41, 5.74) is 2.26. The van der Waals surface area contributed by atoms with Crippen LogP contribution in [0.25, 0.3) is 10.6 Å². The molecule has 0 saturated heterocycles. The van der Waals surface area contributed by atoms with Crippen molar-refractivity contribution in [2.24, 2.45) is 0 Å². The van der Waals surface area contributed by atoms with Crippen molar-refractivity contribution < 1.29 is 4.79 Å². The molecule has 1 N–H and O–H groups in total. The van der Waals surface area contributed by atoms with Gasteiger partial charge in [0.05, 0.1) is 4.88 Å². The van der Waals surface area contributed by atoms with Crippen LogP contribution in [-0.4, -0.2) is 15.5 Å². The highest BCUT2D eigenvalue weighted by molar-refractivity contribution is 7.14. The maximum Gasteiger partial charge on any atom is 0.269 e. The van der Waals surface area contributed by atoms with Gasteiger partial charge in [0, 0.05) is 10.7 Å². The Balaban J connectivity index is 1.90. The second-order valence-electron chi connectivity index (χ2n) is 4.34. The Kier molecular flexibility index (Phi) is 4.01. The largest absolute Gasteiger partial charge is 0.321 e. The Morgan fingerprint density at radius 2 is 2.19 bits per heavy atom. The summed E-state index contributed by atoms with van der Waals surface area (Å²) in [6.07, 6.45) is 0. The van der Waals surface area contributed by atoms with Crippen molar-refractivity contribution >= 4 is 46.1 Å². The van der Waals surface area contributed by atoms with E-state index < -0.39 is 0 Å². The smallest absolute Gasteiger partial charge is 0.269 e. The number of amides is 1. The molecule has 2 aromatic heterocycles. The number of halogens is 1. The van der Waals surface area contributed by atoms with Gasteiger partial charge in [-0.15, -0.1) is 16.4 Å². The molecule has 0 unspecified atom stereocenters. The average molecular weight is 336 g/mol. The normalized spacial score (nSPS) is 10.6. The molecule has 0 spiro atoms. The minimum Gasteiger partial charge on any atom is -0.321 e. The molecule has 0 saturated carbocycles. The zero-order valence-electron chi connectivity index (χ0n) is 11.0. The zero-order valence-corrected chi connectivity index (χ0v) is 13.4. The molecule has 0 radical (unpaired) electrons. The number of carbonyl (C=O) groups excluding carboxylic acids is 1. The Morgan fingerprint density at radius 1 is 1.33 bits per heavy atom. The van der Waals surface area contributed by atoms with E-state index in [2.05, 4.69) is 14.9 Å². The molecular weight excluding hydrogens is 326 g/mol. The van der Waals surface area contributed by atoms with E-state index in [0.29, 0.717) is 21.3 Å². The molecule has 0 fully saturated rings. The van der Waals surface area contributed by atoms with Gasteiger partial charge in [-0.05, 0) is 47.6 Å². The molecule has 0 bridgehead atoms. The number of rotatable bonds is 3. The van der Waals surface area contributed by atoms with E-state index in [1.807, 2.05) is 30.5 Å². The van der Waals surface area contributed by atoms with Crippen LogP contribution in [0.4, 0.5) is 5.69 Å². The lowest BCUT2D eigenvalue weighted by Crippen LogP contribution is -2.12. The molecule has 106 valence electrons. The number of carbonyl (C=O) groups is 1. The van der Waals surface area contributed by atoms with E-state index in [1.165, 1.54) is 11.3 Å². The van der Waals surface area contributed by atoms with Gasteiger partial charge in [-0.3, -0.25) is 4.79 Å². The van der Waals surface area contributed by atoms with Crippen LogP contribution in [0.15, 0.2) is 35.7 Å². The molecule has 0 atom stereocenters. The third-order valence-corrected chi connectivity index (χ3v) is 4.73. The van der Waals surface area contributed by atoms with Crippen molar-refractivity contribution in [1.29, 1.82) is 0 Å². The van der Waals surface area contributed by atoms with E-state index in [0.717, 1.165) is 22.0 Å². The van der Waals surface area contributed by atoms with Gasteiger partial charge in [0.25, 0.3) is 5.91 Å². The van der Waals surface area contributed by atoms with Gasteiger partial charge >= 0.3 is 0 Å². The monoisotopic (exact) mass is 335 g/mol. The fourth-order valence-corrected chi connectivity index (χ4v) is 3.35. The van der Waals surface area contributed by atoms with Crippen LogP contribution in [0.5, 0.6) is 0 Å². The SMILES string of the molecule is Cc1ccc(Cl)cc1NC(=O)c1snnc1-c1cccs1. The number of hydrogen-bond acceptors (Lipinski definition) is 5. The van der Waals surface area contributed by atoms with Gasteiger partial charge in [0.1, 0.15) is 10.6 Å². The van der Waals surface area contributed by atoms with Gasteiger partial charge in [-0.2, -0.15) is 0 Å². The van der Waals surface area contributed by atoms with Crippen molar-refractivity contribution in [2.45, 2.75) is 6.92 Å². The first-order valence-electron chi connectivity index (χ1n) is 6.09. The highest BCUT2D eigenvalue weighted by Crippen LogP contribution is 2.29. The number of aromatic nitrogens is 2. The molecule has 0 aliphatic heterocycles. The standard InChI is InChI=1S/C14H10ClN3OS2/c1-8-4-5-9(15)7-10(8)16-14(19)13-12(17-18-21-13)11-3-2-6-20-11/h2-7H,1H3,(H,16,19). The minimum atomic E-state index is -0.223. The molecule has 7 heteroatoms. The fourth-order valence-electron chi connectivity index (χ4n) is 1.82. The number of nitrogens with one attached hydrogen (secondary N) is 1. The summed E-state index contributed by atoms with van der Waals surface area (Å²) in [7, 11) is 0. The van der Waals surface area contributed by atoms with Crippen molar-refractivity contribution in [3.05, 3.63) is 51.2 Å². The molecule has 3 aromatic rings. The van der Waals surface area contributed by atoms with Gasteiger partial charge < -0.3 is 5.32 Å². The summed E-state index contributed by atoms with van der Waals surface area (Å²) >= 11 is 8.58. The predicted molar refractivity (Wildman–Crippen MR) is 87.4 cm³/mol. The zero-order chi connectivity index (χ0) is 14.8. The number of anilines is 1. The Bertz CT molecular complexity index is 783. The summed E-state index contributed by atoms with van der Waals surface area (Å²) in [5.74, 6) is -0.223. The van der Waals surface area contributed by atoms with Crippen molar-refractivity contribution in [3.63, 3.8) is 0 Å². The Morgan fingerprint density at radius 3 is 2.95 bits per heavy atom. The second kappa shape index (κ2) is 5.93. The molecule has 0 aliphatic rings. The molecule has 4 nitrogen and oxygen atoms in total. The molecule has 2 heterocycles. The minimum absolute atomic E-state index is 0.223. The van der Waals surface area contributed by atoms with Gasteiger partial charge in [-0.25, -0.2) is 0 Å². The lowest BCUT2D eigenvalue weighted by atomic mass is 10.2. The van der Waals surface area contributed by atoms with E-state index in [4.69, 9.17) is 11.6 Å². The lowest BCUT2D eigenvalue weighted by molar-refractivity contribution is 0.103. The van der Waals surface area contributed by atoms with Crippen LogP contribution in [0.3, 0.4) is 0 Å². The van der Waals surface area contributed by atoms with E-state index in [1.54, 1.807) is 12.1 Å². The first kappa shape index (κ1) is 14.2. The van der Waals surface area contributed by atoms with Crippen LogP contribution in [0, 0.1) is 6.92 Å². The topological polar surface area (TPSA) is 54.9 Å². The average Bonchev–Trinajstić information content (AvgIpc) is 3.12. The summed E-state index contributed by atoms with van der Waals surface area (Å²) < 4.78 is 3.89. The highest BCUT2D eigenvalue weighted by Gasteiger charge is 2.19. The van der Waals surface area contributed by atoms with Crippen LogP contribution in [0.2, 0.25) is 5.02 Å². The number of nitrogens with zero attached hydrogens (tertiary/aromatic N) is 2. The van der Waals surface area contributed by atoms with Gasteiger partial charge in [0.15, 0.2) is 0 Å². The first-order chi connectivity index (χ1) is 10.1. The van der Waals surface area contributed by atoms with Gasteiger partial charge in [0.2, 0.25) is 0 Å². The fraction of sp³-hybridized carbons (Fsp3) is 0.0714. The van der Waals surface area contributed by atoms with Crippen molar-refractivity contribution in [3.8, 4) is 10.6 Å². The van der Waals surface area contributed by atoms with E-state index in [-0.39, 0.29) is 5.91 Å².